The molecule has 4 aromatic rings. The van der Waals surface area contributed by atoms with Gasteiger partial charge in [0.15, 0.2) is 35.6 Å². The molecule has 254 valence electrons. The van der Waals surface area contributed by atoms with E-state index in [9.17, 15) is 48.6 Å². The number of fused-ring (bicyclic) bond motifs is 2. The summed E-state index contributed by atoms with van der Waals surface area (Å²) in [6.07, 6.45) is 3.08. The second kappa shape index (κ2) is 14.1. The first kappa shape index (κ1) is 36.9. The van der Waals surface area contributed by atoms with Crippen LogP contribution in [0.25, 0.3) is 32.7 Å². The van der Waals surface area contributed by atoms with E-state index in [0.717, 1.165) is 12.8 Å². The molecule has 0 amide bonds. The molecule has 0 radical (unpaired) electrons. The van der Waals surface area contributed by atoms with E-state index in [1.165, 1.54) is 0 Å². The van der Waals surface area contributed by atoms with Gasteiger partial charge < -0.3 is 30.6 Å². The van der Waals surface area contributed by atoms with E-state index in [1.54, 1.807) is 53.7 Å². The minimum absolute atomic E-state index is 0.00512. The van der Waals surface area contributed by atoms with Gasteiger partial charge in [-0.15, -0.1) is 0 Å². The summed E-state index contributed by atoms with van der Waals surface area (Å²) >= 11 is 0. The highest BCUT2D eigenvalue weighted by molar-refractivity contribution is 7.85. The zero-order valence-electron chi connectivity index (χ0n) is 27.5. The fourth-order valence-corrected chi connectivity index (χ4v) is 6.71. The number of phenols is 6. The fourth-order valence-electron chi connectivity index (χ4n) is 6.14. The molecule has 0 spiro atoms. The highest BCUT2D eigenvalue weighted by Crippen LogP contribution is 2.54. The molecular formula is C35H42O11S. The van der Waals surface area contributed by atoms with Crippen LogP contribution in [0.15, 0.2) is 12.1 Å². The second-order valence-corrected chi connectivity index (χ2v) is 13.8. The predicted molar refractivity (Wildman–Crippen MR) is 181 cm³/mol. The van der Waals surface area contributed by atoms with E-state index < -0.39 is 44.6 Å². The van der Waals surface area contributed by atoms with E-state index in [1.807, 2.05) is 6.92 Å². The highest BCUT2D eigenvalue weighted by atomic mass is 32.2. The third kappa shape index (κ3) is 6.79. The van der Waals surface area contributed by atoms with Gasteiger partial charge in [-0.05, 0) is 54.0 Å². The molecule has 0 heterocycles. The minimum atomic E-state index is -3.70. The third-order valence-corrected chi connectivity index (χ3v) is 9.04. The van der Waals surface area contributed by atoms with Gasteiger partial charge in [-0.3, -0.25) is 14.1 Å². The molecule has 7 N–H and O–H groups in total. The van der Waals surface area contributed by atoms with Gasteiger partial charge in [0.1, 0.15) is 11.5 Å². The van der Waals surface area contributed by atoms with Crippen LogP contribution in [-0.2, 0) is 10.1 Å². The van der Waals surface area contributed by atoms with Crippen LogP contribution in [0.1, 0.15) is 109 Å². The second-order valence-electron chi connectivity index (χ2n) is 12.3. The number of aryl methyl sites for hydroxylation is 2. The zero-order chi connectivity index (χ0) is 35.7. The lowest BCUT2D eigenvalue weighted by Crippen LogP contribution is -2.02. The zero-order valence-corrected chi connectivity index (χ0v) is 28.3. The van der Waals surface area contributed by atoms with Gasteiger partial charge >= 0.3 is 0 Å². The van der Waals surface area contributed by atoms with E-state index >= 15 is 0 Å². The molecule has 4 rings (SSSR count). The van der Waals surface area contributed by atoms with Crippen LogP contribution in [0.3, 0.4) is 0 Å². The monoisotopic (exact) mass is 670 g/mol. The molecule has 0 aromatic heterocycles. The largest absolute Gasteiger partial charge is 0.507 e. The Bertz CT molecular complexity index is 1870. The molecule has 0 saturated carbocycles. The van der Waals surface area contributed by atoms with Crippen LogP contribution in [0.5, 0.6) is 34.5 Å². The van der Waals surface area contributed by atoms with Gasteiger partial charge in [-0.25, -0.2) is 0 Å². The molecule has 11 nitrogen and oxygen atoms in total. The first-order valence-electron chi connectivity index (χ1n) is 15.2. The van der Waals surface area contributed by atoms with Crippen LogP contribution in [0.4, 0.5) is 0 Å². The third-order valence-electron chi connectivity index (χ3n) is 8.23. The maximum atomic E-state index is 12.0. The first-order valence-corrected chi connectivity index (χ1v) is 16.8. The van der Waals surface area contributed by atoms with Gasteiger partial charge in [0.25, 0.3) is 10.1 Å². The van der Waals surface area contributed by atoms with Gasteiger partial charge in [0.05, 0.1) is 16.9 Å². The average molecular weight is 671 g/mol. The van der Waals surface area contributed by atoms with E-state index in [0.29, 0.717) is 52.0 Å². The number of phenolic OH excluding ortho intramolecular Hbond substituents is 6. The molecule has 47 heavy (non-hydrogen) atoms. The number of hydrogen-bond acceptors (Lipinski definition) is 10. The normalized spacial score (nSPS) is 11.7. The van der Waals surface area contributed by atoms with Crippen LogP contribution in [-0.4, -0.2) is 61.9 Å². The van der Waals surface area contributed by atoms with Gasteiger partial charge in [0.2, 0.25) is 0 Å². The van der Waals surface area contributed by atoms with Crippen molar-refractivity contribution in [1.29, 1.82) is 0 Å². The maximum absolute atomic E-state index is 12.0. The highest BCUT2D eigenvalue weighted by Gasteiger charge is 2.29. The summed E-state index contributed by atoms with van der Waals surface area (Å²) < 4.78 is 28.3. The molecule has 0 atom stereocenters. The van der Waals surface area contributed by atoms with Crippen LogP contribution in [0.2, 0.25) is 0 Å². The fraction of sp³-hybridized carbons (Fsp3) is 0.371. The van der Waals surface area contributed by atoms with Crippen molar-refractivity contribution < 1.29 is 53.2 Å². The summed E-state index contributed by atoms with van der Waals surface area (Å²) in [5, 5.41) is 66.4. The van der Waals surface area contributed by atoms with Crippen molar-refractivity contribution in [2.24, 2.45) is 0 Å². The molecule has 12 heteroatoms. The molecule has 0 fully saturated rings. The summed E-state index contributed by atoms with van der Waals surface area (Å²) in [6, 6.07) is 3.31. The number of benzene rings is 4. The molecule has 0 aliphatic rings. The molecule has 0 aliphatic heterocycles. The number of aromatic hydroxyl groups is 6. The first-order chi connectivity index (χ1) is 21.9. The Kier molecular flexibility index (Phi) is 11.0. The molecule has 0 saturated heterocycles. The topological polar surface area (TPSA) is 210 Å². The van der Waals surface area contributed by atoms with Crippen molar-refractivity contribution in [2.75, 3.05) is 5.75 Å². The Hall–Kier alpha value is -4.55. The van der Waals surface area contributed by atoms with Crippen molar-refractivity contribution in [3.63, 3.8) is 0 Å². The quantitative estimate of drug-likeness (QED) is 0.0402. The molecule has 0 aliphatic carbocycles. The Morgan fingerprint density at radius 3 is 1.28 bits per heavy atom. The van der Waals surface area contributed by atoms with Crippen molar-refractivity contribution in [3.05, 3.63) is 45.5 Å². The SMILES string of the molecule is CCCCCS(=O)(=O)O.Cc1cc2c(C(C)C)c(O)c(O)c(C=O)c2c(O)c1-c1c(C)cc2c(C(C)C)c(O)c(O)c(C=O)c2c1O. The van der Waals surface area contributed by atoms with E-state index in [2.05, 4.69) is 0 Å². The maximum Gasteiger partial charge on any atom is 0.264 e. The summed E-state index contributed by atoms with van der Waals surface area (Å²) in [7, 11) is -3.70. The minimum Gasteiger partial charge on any atom is -0.507 e. The van der Waals surface area contributed by atoms with Crippen LogP contribution < -0.4 is 0 Å². The molecule has 4 aromatic carbocycles. The van der Waals surface area contributed by atoms with Crippen LogP contribution >= 0.6 is 0 Å². The number of carbonyl (C=O) groups excluding carboxylic acids is 2. The van der Waals surface area contributed by atoms with Crippen LogP contribution in [0, 0.1) is 13.8 Å². The molecule has 0 unspecified atom stereocenters. The lowest BCUT2D eigenvalue weighted by molar-refractivity contribution is 0.111. The summed E-state index contributed by atoms with van der Waals surface area (Å²) in [5.74, 6) is -3.67. The Morgan fingerprint density at radius 2 is 1.00 bits per heavy atom. The lowest BCUT2D eigenvalue weighted by Gasteiger charge is -2.23. The number of rotatable bonds is 9. The van der Waals surface area contributed by atoms with Gasteiger partial charge in [-0.2, -0.15) is 8.42 Å². The van der Waals surface area contributed by atoms with E-state index in [4.69, 9.17) is 4.55 Å². The molecule has 0 bridgehead atoms. The lowest BCUT2D eigenvalue weighted by atomic mass is 9.83. The van der Waals surface area contributed by atoms with Crippen molar-refractivity contribution in [2.45, 2.75) is 79.6 Å². The predicted octanol–water partition coefficient (Wildman–Crippen LogP) is 7.45. The number of unbranched alkanes of at least 4 members (excludes halogenated alkanes) is 2. The van der Waals surface area contributed by atoms with Crippen molar-refractivity contribution >= 4 is 44.2 Å². The smallest absolute Gasteiger partial charge is 0.264 e. The summed E-state index contributed by atoms with van der Waals surface area (Å²) in [4.78, 5) is 24.0. The van der Waals surface area contributed by atoms with E-state index in [-0.39, 0.29) is 50.6 Å². The average Bonchev–Trinajstić information content (AvgIpc) is 2.96. The Labute approximate surface area is 273 Å². The standard InChI is InChI=1S/C30H30O8.C5H12O3S/c1-11(2)19-15-7-13(5)21(27(35)23(15)17(9-31)25(33)29(19)37)22-14(6)8-16-20(12(3)4)30(38)26(34)18(10-32)24(16)28(22)36;1-2-3-4-5-9(6,7)8/h7-12,33-38H,1-6H3;2-5H2,1H3,(H,6,7,8). The molecular weight excluding hydrogens is 628 g/mol. The number of carbonyl (C=O) groups is 2. The summed E-state index contributed by atoms with van der Waals surface area (Å²) in [5.41, 5.74) is 1.33. The summed E-state index contributed by atoms with van der Waals surface area (Å²) in [6.45, 7) is 12.5. The Morgan fingerprint density at radius 1 is 0.638 bits per heavy atom. The van der Waals surface area contributed by atoms with Crippen molar-refractivity contribution in [1.82, 2.24) is 0 Å². The number of aldehydes is 2. The van der Waals surface area contributed by atoms with Gasteiger partial charge in [0, 0.05) is 33.0 Å². The van der Waals surface area contributed by atoms with Crippen molar-refractivity contribution in [3.8, 4) is 45.6 Å². The number of hydrogen-bond donors (Lipinski definition) is 7. The Balaban J connectivity index is 0.000000584. The van der Waals surface area contributed by atoms with Gasteiger partial charge in [-0.1, -0.05) is 59.6 Å².